The summed E-state index contributed by atoms with van der Waals surface area (Å²) in [6, 6.07) is 13.1. The van der Waals surface area contributed by atoms with Crippen LogP contribution < -0.4 is 18.9 Å². The predicted molar refractivity (Wildman–Crippen MR) is 170 cm³/mol. The average molecular weight is 711 g/mol. The summed E-state index contributed by atoms with van der Waals surface area (Å²) in [5, 5.41) is 20.9. The van der Waals surface area contributed by atoms with Crippen molar-refractivity contribution in [1.29, 1.82) is 0 Å². The molecule has 2 aromatic heterocycles. The van der Waals surface area contributed by atoms with E-state index in [1.165, 1.54) is 63.2 Å². The van der Waals surface area contributed by atoms with Gasteiger partial charge in [-0.2, -0.15) is 26.3 Å². The molecule has 0 unspecified atom stereocenters. The van der Waals surface area contributed by atoms with Gasteiger partial charge in [-0.25, -0.2) is 9.97 Å². The molecule has 0 fully saturated rings. The van der Waals surface area contributed by atoms with Crippen LogP contribution in [0, 0.1) is 0 Å². The number of phenols is 2. The number of halogens is 6. The number of nitrogens with zero attached hydrogens (tertiary/aromatic N) is 2. The predicted octanol–water partition coefficient (Wildman–Crippen LogP) is 9.41. The van der Waals surface area contributed by atoms with Crippen molar-refractivity contribution in [3.05, 3.63) is 71.8 Å². The van der Waals surface area contributed by atoms with Gasteiger partial charge in [0.15, 0.2) is 23.0 Å². The van der Waals surface area contributed by atoms with Crippen LogP contribution in [0.25, 0.3) is 41.6 Å². The highest BCUT2D eigenvalue weighted by atomic mass is 32.1. The molecule has 2 N–H and O–H groups in total. The lowest BCUT2D eigenvalue weighted by Crippen LogP contribution is -2.03. The van der Waals surface area contributed by atoms with E-state index in [4.69, 9.17) is 18.9 Å². The molecule has 0 spiro atoms. The molecule has 16 heteroatoms. The van der Waals surface area contributed by atoms with Crippen molar-refractivity contribution in [3.63, 3.8) is 0 Å². The molecule has 0 radical (unpaired) electrons. The summed E-state index contributed by atoms with van der Waals surface area (Å²) in [5.74, 6) is 0.479. The summed E-state index contributed by atoms with van der Waals surface area (Å²) < 4.78 is 98.4. The zero-order valence-corrected chi connectivity index (χ0v) is 26.9. The van der Waals surface area contributed by atoms with E-state index in [-0.39, 0.29) is 45.5 Å². The minimum absolute atomic E-state index is 0.149. The minimum Gasteiger partial charge on any atom is -0.502 e. The zero-order valence-electron chi connectivity index (χ0n) is 25.3. The van der Waals surface area contributed by atoms with Gasteiger partial charge in [0.05, 0.1) is 60.0 Å². The largest absolute Gasteiger partial charge is 0.502 e. The lowest BCUT2D eigenvalue weighted by Gasteiger charge is -2.09. The lowest BCUT2D eigenvalue weighted by molar-refractivity contribution is -0.138. The summed E-state index contributed by atoms with van der Waals surface area (Å²) in [4.78, 5) is 8.53. The molecule has 6 aromatic rings. The number of thiazole rings is 2. The fraction of sp³-hybridized carbons (Fsp3) is 0.188. The maximum atomic E-state index is 12.8. The molecule has 0 saturated heterocycles. The van der Waals surface area contributed by atoms with E-state index < -0.39 is 23.5 Å². The van der Waals surface area contributed by atoms with Gasteiger partial charge in [0.2, 0.25) is 11.5 Å². The molecule has 0 amide bonds. The number of rotatable bonds is 6. The van der Waals surface area contributed by atoms with E-state index in [1.54, 1.807) is 24.3 Å². The van der Waals surface area contributed by atoms with Gasteiger partial charge in [-0.3, -0.25) is 0 Å². The number of alkyl halides is 6. The minimum atomic E-state index is -4.41. The first-order valence-corrected chi connectivity index (χ1v) is 15.2. The Morgan fingerprint density at radius 3 is 1.10 bits per heavy atom. The summed E-state index contributed by atoms with van der Waals surface area (Å²) in [6.07, 6.45) is -8.83. The van der Waals surface area contributed by atoms with Crippen molar-refractivity contribution in [3.8, 4) is 55.6 Å². The molecule has 48 heavy (non-hydrogen) atoms. The number of aromatic nitrogens is 2. The Hall–Kier alpha value is -4.96. The highest BCUT2D eigenvalue weighted by Crippen LogP contribution is 2.44. The van der Waals surface area contributed by atoms with Gasteiger partial charge in [-0.15, -0.1) is 22.7 Å². The van der Waals surface area contributed by atoms with Crippen LogP contribution in [0.2, 0.25) is 0 Å². The summed E-state index contributed by atoms with van der Waals surface area (Å²) in [6.45, 7) is 0. The first kappa shape index (κ1) is 34.4. The van der Waals surface area contributed by atoms with Gasteiger partial charge >= 0.3 is 12.4 Å². The molecule has 8 nitrogen and oxygen atoms in total. The normalized spacial score (nSPS) is 11.7. The maximum Gasteiger partial charge on any atom is 0.416 e. The lowest BCUT2D eigenvalue weighted by atomic mass is 10.2. The zero-order chi connectivity index (χ0) is 35.0. The first-order valence-electron chi connectivity index (χ1n) is 13.5. The second kappa shape index (κ2) is 13.3. The van der Waals surface area contributed by atoms with Crippen molar-refractivity contribution in [2.24, 2.45) is 0 Å². The van der Waals surface area contributed by atoms with Crippen molar-refractivity contribution in [1.82, 2.24) is 9.97 Å². The molecule has 252 valence electrons. The van der Waals surface area contributed by atoms with Gasteiger partial charge in [-0.1, -0.05) is 0 Å². The second-order valence-corrected chi connectivity index (χ2v) is 11.9. The van der Waals surface area contributed by atoms with E-state index in [9.17, 15) is 36.6 Å². The molecule has 0 aliphatic heterocycles. The Balaban J connectivity index is 0.000000188. The molecular weight excluding hydrogens is 686 g/mol. The van der Waals surface area contributed by atoms with Gasteiger partial charge in [-0.05, 0) is 60.7 Å². The summed E-state index contributed by atoms with van der Waals surface area (Å²) >= 11 is 2.49. The van der Waals surface area contributed by atoms with Crippen LogP contribution in [0.1, 0.15) is 11.1 Å². The van der Waals surface area contributed by atoms with E-state index >= 15 is 0 Å². The van der Waals surface area contributed by atoms with Crippen LogP contribution in [-0.4, -0.2) is 48.6 Å². The van der Waals surface area contributed by atoms with E-state index in [0.29, 0.717) is 30.5 Å². The number of methoxy groups -OCH3 is 4. The summed E-state index contributed by atoms with van der Waals surface area (Å²) in [5.41, 5.74) is 0.194. The number of hydrogen-bond donors (Lipinski definition) is 2. The highest BCUT2D eigenvalue weighted by molar-refractivity contribution is 7.22. The highest BCUT2D eigenvalue weighted by Gasteiger charge is 2.32. The van der Waals surface area contributed by atoms with E-state index in [0.717, 1.165) is 24.3 Å². The van der Waals surface area contributed by atoms with Crippen LogP contribution in [0.5, 0.6) is 34.5 Å². The first-order chi connectivity index (χ1) is 22.7. The van der Waals surface area contributed by atoms with E-state index in [1.807, 2.05) is 0 Å². The van der Waals surface area contributed by atoms with Crippen LogP contribution in [-0.2, 0) is 12.4 Å². The SMILES string of the molecule is COc1cc(-c2nc3cc(C(F)(F)F)ccc3s2)cc(OC)c1O.COc1cc(-c2nc3cc(C(F)(F)F)ccc3s2)cc(OC)c1O. The van der Waals surface area contributed by atoms with Gasteiger partial charge < -0.3 is 29.2 Å². The molecule has 0 aliphatic rings. The third-order valence-electron chi connectivity index (χ3n) is 6.88. The molecular formula is C32H24F6N2O6S2. The van der Waals surface area contributed by atoms with Crippen molar-refractivity contribution in [2.75, 3.05) is 28.4 Å². The molecule has 2 heterocycles. The molecule has 0 atom stereocenters. The quantitative estimate of drug-likeness (QED) is 0.165. The van der Waals surface area contributed by atoms with Gasteiger partial charge in [0.25, 0.3) is 0 Å². The summed E-state index contributed by atoms with van der Waals surface area (Å²) in [7, 11) is 5.58. The second-order valence-electron chi connectivity index (χ2n) is 9.86. The van der Waals surface area contributed by atoms with Gasteiger partial charge in [0, 0.05) is 11.1 Å². The van der Waals surface area contributed by atoms with Crippen LogP contribution in [0.15, 0.2) is 60.7 Å². The Morgan fingerprint density at radius 2 is 0.833 bits per heavy atom. The number of aromatic hydroxyl groups is 2. The smallest absolute Gasteiger partial charge is 0.416 e. The Morgan fingerprint density at radius 1 is 0.521 bits per heavy atom. The fourth-order valence-corrected chi connectivity index (χ4v) is 6.35. The Kier molecular flexibility index (Phi) is 9.51. The molecule has 6 rings (SSSR count). The Labute approximate surface area is 276 Å². The standard InChI is InChI=1S/2C16H12F3NO3S/c2*1-22-11-5-8(6-12(23-2)14(11)21)15-20-10-7-9(16(17,18)19)3-4-13(10)24-15/h2*3-7,21H,1-2H3. The molecule has 0 saturated carbocycles. The number of hydrogen-bond acceptors (Lipinski definition) is 10. The molecule has 4 aromatic carbocycles. The van der Waals surface area contributed by atoms with Crippen LogP contribution in [0.3, 0.4) is 0 Å². The van der Waals surface area contributed by atoms with E-state index in [2.05, 4.69) is 9.97 Å². The van der Waals surface area contributed by atoms with Crippen molar-refractivity contribution >= 4 is 43.1 Å². The van der Waals surface area contributed by atoms with Crippen molar-refractivity contribution in [2.45, 2.75) is 12.4 Å². The van der Waals surface area contributed by atoms with Crippen molar-refractivity contribution < 1.29 is 55.5 Å². The van der Waals surface area contributed by atoms with Gasteiger partial charge in [0.1, 0.15) is 10.0 Å². The number of fused-ring (bicyclic) bond motifs is 2. The monoisotopic (exact) mass is 710 g/mol. The topological polar surface area (TPSA) is 103 Å². The number of phenolic OH excluding ortho intramolecular Hbond substituents is 2. The average Bonchev–Trinajstić information content (AvgIpc) is 3.68. The molecule has 0 bridgehead atoms. The van der Waals surface area contributed by atoms with Crippen LogP contribution >= 0.6 is 22.7 Å². The maximum absolute atomic E-state index is 12.8. The number of benzene rings is 4. The fourth-order valence-electron chi connectivity index (χ4n) is 4.49. The third kappa shape index (κ3) is 6.99. The van der Waals surface area contributed by atoms with Crippen LogP contribution in [0.4, 0.5) is 26.3 Å². The Bertz CT molecular complexity index is 1910. The number of ether oxygens (including phenoxy) is 4. The molecule has 0 aliphatic carbocycles. The third-order valence-corrected chi connectivity index (χ3v) is 9.05.